The van der Waals surface area contributed by atoms with E-state index < -0.39 is 0 Å². The standard InChI is InChI=1S/C24H25NO4S/c1-27-20-7-3-17(4-8-20)14-25-15-19-11-12-30-23(19)13-22(25)24(26)29-16-18-5-9-21(28-2)10-6-18/h3-12,22H,13-16H2,1-2H3. The fourth-order valence-corrected chi connectivity index (χ4v) is 4.59. The molecule has 0 saturated carbocycles. The average molecular weight is 424 g/mol. The van der Waals surface area contributed by atoms with Crippen molar-refractivity contribution in [1.29, 1.82) is 0 Å². The second-order valence-electron chi connectivity index (χ2n) is 7.30. The van der Waals surface area contributed by atoms with Crippen LogP contribution in [-0.2, 0) is 35.6 Å². The SMILES string of the molecule is COc1ccc(COC(=O)C2Cc3sccc3CN2Cc2ccc(OC)cc2)cc1. The van der Waals surface area contributed by atoms with Gasteiger partial charge in [0, 0.05) is 24.4 Å². The van der Waals surface area contributed by atoms with Crippen LogP contribution in [0.25, 0.3) is 0 Å². The lowest BCUT2D eigenvalue weighted by atomic mass is 10.0. The molecule has 0 amide bonds. The number of carbonyl (C=O) groups is 1. The van der Waals surface area contributed by atoms with E-state index in [9.17, 15) is 4.79 Å². The van der Waals surface area contributed by atoms with E-state index in [4.69, 9.17) is 14.2 Å². The molecule has 0 aliphatic carbocycles. The third-order valence-corrected chi connectivity index (χ3v) is 6.37. The first-order valence-corrected chi connectivity index (χ1v) is 10.8. The highest BCUT2D eigenvalue weighted by molar-refractivity contribution is 7.10. The van der Waals surface area contributed by atoms with Crippen LogP contribution in [0.4, 0.5) is 0 Å². The molecule has 30 heavy (non-hydrogen) atoms. The Morgan fingerprint density at radius 3 is 2.23 bits per heavy atom. The minimum absolute atomic E-state index is 0.182. The molecule has 1 aliphatic heterocycles. The molecule has 0 radical (unpaired) electrons. The molecule has 2 aromatic carbocycles. The predicted octanol–water partition coefficient (Wildman–Crippen LogP) is 4.44. The summed E-state index contributed by atoms with van der Waals surface area (Å²) in [4.78, 5) is 16.5. The van der Waals surface area contributed by atoms with E-state index in [1.165, 1.54) is 10.4 Å². The Morgan fingerprint density at radius 1 is 0.967 bits per heavy atom. The van der Waals surface area contributed by atoms with Gasteiger partial charge in [-0.3, -0.25) is 9.69 Å². The Kier molecular flexibility index (Phi) is 6.35. The minimum Gasteiger partial charge on any atom is -0.497 e. The van der Waals surface area contributed by atoms with Crippen molar-refractivity contribution in [3.8, 4) is 11.5 Å². The van der Waals surface area contributed by atoms with E-state index in [0.29, 0.717) is 13.0 Å². The maximum absolute atomic E-state index is 13.0. The van der Waals surface area contributed by atoms with Crippen LogP contribution in [0.1, 0.15) is 21.6 Å². The van der Waals surface area contributed by atoms with Crippen LogP contribution in [0.2, 0.25) is 0 Å². The maximum Gasteiger partial charge on any atom is 0.324 e. The van der Waals surface area contributed by atoms with Crippen molar-refractivity contribution in [2.75, 3.05) is 14.2 Å². The molecule has 6 heteroatoms. The maximum atomic E-state index is 13.0. The van der Waals surface area contributed by atoms with Gasteiger partial charge in [-0.15, -0.1) is 11.3 Å². The number of fused-ring (bicyclic) bond motifs is 1. The number of ether oxygens (including phenoxy) is 3. The Hall–Kier alpha value is -2.83. The monoisotopic (exact) mass is 423 g/mol. The van der Waals surface area contributed by atoms with E-state index in [1.807, 2.05) is 48.5 Å². The summed E-state index contributed by atoms with van der Waals surface area (Å²) in [7, 11) is 3.29. The van der Waals surface area contributed by atoms with Crippen LogP contribution < -0.4 is 9.47 Å². The molecule has 2 heterocycles. The smallest absolute Gasteiger partial charge is 0.324 e. The van der Waals surface area contributed by atoms with Gasteiger partial charge in [0.1, 0.15) is 24.1 Å². The van der Waals surface area contributed by atoms with Gasteiger partial charge in [0.05, 0.1) is 14.2 Å². The summed E-state index contributed by atoms with van der Waals surface area (Å²) in [5.41, 5.74) is 3.38. The van der Waals surface area contributed by atoms with Crippen molar-refractivity contribution < 1.29 is 19.0 Å². The average Bonchev–Trinajstić information content (AvgIpc) is 3.25. The molecule has 0 saturated heterocycles. The molecule has 4 rings (SSSR count). The number of hydrogen-bond donors (Lipinski definition) is 0. The summed E-state index contributed by atoms with van der Waals surface area (Å²) in [5.74, 6) is 1.43. The summed E-state index contributed by atoms with van der Waals surface area (Å²) in [6.07, 6.45) is 0.685. The number of methoxy groups -OCH3 is 2. The van der Waals surface area contributed by atoms with E-state index >= 15 is 0 Å². The van der Waals surface area contributed by atoms with Crippen LogP contribution in [0.3, 0.4) is 0 Å². The lowest BCUT2D eigenvalue weighted by molar-refractivity contribution is -0.152. The number of thiophene rings is 1. The van der Waals surface area contributed by atoms with Crippen LogP contribution in [0, 0.1) is 0 Å². The van der Waals surface area contributed by atoms with Gasteiger partial charge in [0.25, 0.3) is 0 Å². The predicted molar refractivity (Wildman–Crippen MR) is 117 cm³/mol. The topological polar surface area (TPSA) is 48.0 Å². The van der Waals surface area contributed by atoms with Crippen molar-refractivity contribution >= 4 is 17.3 Å². The minimum atomic E-state index is -0.295. The zero-order valence-corrected chi connectivity index (χ0v) is 18.0. The molecular formula is C24H25NO4S. The molecule has 0 fully saturated rings. The van der Waals surface area contributed by atoms with Gasteiger partial charge in [-0.25, -0.2) is 0 Å². The van der Waals surface area contributed by atoms with Gasteiger partial charge < -0.3 is 14.2 Å². The van der Waals surface area contributed by atoms with Crippen LogP contribution in [0.15, 0.2) is 60.0 Å². The first-order chi connectivity index (χ1) is 14.7. The number of esters is 1. The zero-order valence-electron chi connectivity index (χ0n) is 17.2. The Bertz CT molecular complexity index is 981. The molecule has 5 nitrogen and oxygen atoms in total. The van der Waals surface area contributed by atoms with Gasteiger partial charge in [0.15, 0.2) is 0 Å². The molecule has 1 atom stereocenters. The largest absolute Gasteiger partial charge is 0.497 e. The third kappa shape index (κ3) is 4.66. The van der Waals surface area contributed by atoms with Crippen molar-refractivity contribution in [3.63, 3.8) is 0 Å². The van der Waals surface area contributed by atoms with E-state index in [1.54, 1.807) is 25.6 Å². The summed E-state index contributed by atoms with van der Waals surface area (Å²) in [6.45, 7) is 1.68. The van der Waals surface area contributed by atoms with E-state index in [0.717, 1.165) is 29.2 Å². The van der Waals surface area contributed by atoms with E-state index in [-0.39, 0.29) is 18.6 Å². The number of hydrogen-bond acceptors (Lipinski definition) is 6. The number of benzene rings is 2. The quantitative estimate of drug-likeness (QED) is 0.526. The molecular weight excluding hydrogens is 398 g/mol. The molecule has 0 N–H and O–H groups in total. The normalized spacial score (nSPS) is 16.0. The molecule has 3 aromatic rings. The molecule has 1 aliphatic rings. The summed E-state index contributed by atoms with van der Waals surface area (Å²) in [6, 6.07) is 17.4. The van der Waals surface area contributed by atoms with Crippen molar-refractivity contribution in [3.05, 3.63) is 81.5 Å². The fourth-order valence-electron chi connectivity index (χ4n) is 3.66. The van der Waals surface area contributed by atoms with Gasteiger partial charge in [0.2, 0.25) is 0 Å². The van der Waals surface area contributed by atoms with Crippen LogP contribution in [0.5, 0.6) is 11.5 Å². The lowest BCUT2D eigenvalue weighted by Gasteiger charge is -2.34. The van der Waals surface area contributed by atoms with Gasteiger partial charge in [-0.1, -0.05) is 24.3 Å². The molecule has 0 bridgehead atoms. The highest BCUT2D eigenvalue weighted by Gasteiger charge is 2.33. The number of carbonyl (C=O) groups excluding carboxylic acids is 1. The van der Waals surface area contributed by atoms with Crippen molar-refractivity contribution in [1.82, 2.24) is 4.90 Å². The summed E-state index contributed by atoms with van der Waals surface area (Å²) in [5, 5.41) is 2.10. The summed E-state index contributed by atoms with van der Waals surface area (Å²) >= 11 is 1.71. The molecule has 1 aromatic heterocycles. The number of nitrogens with zero attached hydrogens (tertiary/aromatic N) is 1. The third-order valence-electron chi connectivity index (χ3n) is 5.39. The highest BCUT2D eigenvalue weighted by Crippen LogP contribution is 2.30. The van der Waals surface area contributed by atoms with Crippen molar-refractivity contribution in [2.24, 2.45) is 0 Å². The second-order valence-corrected chi connectivity index (χ2v) is 8.30. The Labute approximate surface area is 180 Å². The Morgan fingerprint density at radius 2 is 1.60 bits per heavy atom. The molecule has 0 spiro atoms. The van der Waals surface area contributed by atoms with Crippen molar-refractivity contribution in [2.45, 2.75) is 32.2 Å². The van der Waals surface area contributed by atoms with Crippen LogP contribution in [-0.4, -0.2) is 31.1 Å². The first kappa shape index (κ1) is 20.4. The highest BCUT2D eigenvalue weighted by atomic mass is 32.1. The second kappa shape index (κ2) is 9.32. The molecule has 156 valence electrons. The molecule has 1 unspecified atom stereocenters. The lowest BCUT2D eigenvalue weighted by Crippen LogP contribution is -2.45. The summed E-state index contributed by atoms with van der Waals surface area (Å²) < 4.78 is 16.1. The number of rotatable bonds is 7. The van der Waals surface area contributed by atoms with E-state index in [2.05, 4.69) is 16.3 Å². The van der Waals surface area contributed by atoms with Crippen LogP contribution >= 0.6 is 11.3 Å². The van der Waals surface area contributed by atoms with Gasteiger partial charge in [-0.05, 0) is 52.4 Å². The van der Waals surface area contributed by atoms with Gasteiger partial charge in [-0.2, -0.15) is 0 Å². The zero-order chi connectivity index (χ0) is 20.9. The fraction of sp³-hybridized carbons (Fsp3) is 0.292. The first-order valence-electron chi connectivity index (χ1n) is 9.88. The van der Waals surface area contributed by atoms with Gasteiger partial charge >= 0.3 is 5.97 Å². The Balaban J connectivity index is 1.46.